The molecule has 0 unspecified atom stereocenters. The zero-order chi connectivity index (χ0) is 16.8. The molecule has 0 aliphatic heterocycles. The quantitative estimate of drug-likeness (QED) is 0.799. The van der Waals surface area contributed by atoms with Crippen LogP contribution in [0.2, 0.25) is 0 Å². The summed E-state index contributed by atoms with van der Waals surface area (Å²) in [4.78, 5) is 26.6. The number of benzene rings is 1. The molecule has 0 saturated carbocycles. The van der Waals surface area contributed by atoms with Gasteiger partial charge < -0.3 is 19.9 Å². The number of hydrogen-bond donors (Lipinski definition) is 2. The van der Waals surface area contributed by atoms with Gasteiger partial charge in [0.1, 0.15) is 5.01 Å². The van der Waals surface area contributed by atoms with E-state index in [1.54, 1.807) is 25.3 Å². The van der Waals surface area contributed by atoms with Gasteiger partial charge in [0, 0.05) is 5.38 Å². The number of carboxylic acids is 1. The molecule has 0 saturated heterocycles. The molecule has 2 N–H and O–H groups in total. The molecule has 0 fully saturated rings. The summed E-state index contributed by atoms with van der Waals surface area (Å²) in [6, 6.07) is 5.26. The van der Waals surface area contributed by atoms with Crippen molar-refractivity contribution in [1.82, 2.24) is 10.3 Å². The predicted octanol–water partition coefficient (Wildman–Crippen LogP) is 1.72. The molecular formula is C15H16N2O5S. The van der Waals surface area contributed by atoms with Crippen LogP contribution in [0.15, 0.2) is 23.6 Å². The minimum absolute atomic E-state index is 0.0147. The number of carbonyl (C=O) groups is 2. The van der Waals surface area contributed by atoms with Crippen LogP contribution >= 0.6 is 11.3 Å². The van der Waals surface area contributed by atoms with E-state index in [9.17, 15) is 9.59 Å². The number of amides is 1. The maximum absolute atomic E-state index is 12.0. The number of methoxy groups -OCH3 is 2. The third kappa shape index (κ3) is 4.43. The Balaban J connectivity index is 1.92. The fourth-order valence-electron chi connectivity index (χ4n) is 1.90. The number of carbonyl (C=O) groups excluding carboxylic acids is 1. The van der Waals surface area contributed by atoms with Crippen molar-refractivity contribution in [3.05, 3.63) is 39.8 Å². The summed E-state index contributed by atoms with van der Waals surface area (Å²) in [5.74, 6) is -0.113. The van der Waals surface area contributed by atoms with Gasteiger partial charge in [-0.15, -0.1) is 11.3 Å². The van der Waals surface area contributed by atoms with E-state index >= 15 is 0 Å². The zero-order valence-electron chi connectivity index (χ0n) is 12.7. The number of nitrogens with one attached hydrogen (secondary N) is 1. The second-order valence-electron chi connectivity index (χ2n) is 4.57. The predicted molar refractivity (Wildman–Crippen MR) is 84.2 cm³/mol. The second-order valence-corrected chi connectivity index (χ2v) is 5.52. The average molecular weight is 336 g/mol. The summed E-state index contributed by atoms with van der Waals surface area (Å²) in [5.41, 5.74) is 0.768. The first kappa shape index (κ1) is 16.8. The summed E-state index contributed by atoms with van der Waals surface area (Å²) < 4.78 is 10.3. The van der Waals surface area contributed by atoms with Crippen LogP contribution in [0.1, 0.15) is 21.1 Å². The molecule has 0 aliphatic carbocycles. The minimum Gasteiger partial charge on any atom is -0.493 e. The van der Waals surface area contributed by atoms with Crippen molar-refractivity contribution in [3.8, 4) is 11.5 Å². The number of carboxylic acid groups (broad SMARTS) is 1. The van der Waals surface area contributed by atoms with Gasteiger partial charge in [-0.3, -0.25) is 4.79 Å². The van der Waals surface area contributed by atoms with E-state index in [0.29, 0.717) is 16.5 Å². The van der Waals surface area contributed by atoms with Crippen LogP contribution in [0.5, 0.6) is 11.5 Å². The molecule has 0 bridgehead atoms. The zero-order valence-corrected chi connectivity index (χ0v) is 13.5. The number of rotatable bonds is 7. The molecule has 2 aromatic rings. The third-order valence-corrected chi connectivity index (χ3v) is 3.87. The highest BCUT2D eigenvalue weighted by atomic mass is 32.1. The van der Waals surface area contributed by atoms with Crippen LogP contribution in [0.3, 0.4) is 0 Å². The Morgan fingerprint density at radius 3 is 2.61 bits per heavy atom. The Morgan fingerprint density at radius 2 is 2.00 bits per heavy atom. The van der Waals surface area contributed by atoms with Crippen molar-refractivity contribution in [2.45, 2.75) is 13.0 Å². The highest BCUT2D eigenvalue weighted by molar-refractivity contribution is 7.09. The first-order valence-electron chi connectivity index (χ1n) is 6.68. The normalized spacial score (nSPS) is 10.2. The highest BCUT2D eigenvalue weighted by Gasteiger charge is 2.11. The van der Waals surface area contributed by atoms with Crippen molar-refractivity contribution >= 4 is 23.2 Å². The Hall–Kier alpha value is -2.61. The van der Waals surface area contributed by atoms with Gasteiger partial charge in [0.05, 0.1) is 27.2 Å². The molecule has 0 spiro atoms. The van der Waals surface area contributed by atoms with Crippen LogP contribution in [-0.2, 0) is 17.8 Å². The smallest absolute Gasteiger partial charge is 0.355 e. The van der Waals surface area contributed by atoms with E-state index in [4.69, 9.17) is 14.6 Å². The Bertz CT molecular complexity index is 714. The van der Waals surface area contributed by atoms with Crippen molar-refractivity contribution < 1.29 is 24.2 Å². The van der Waals surface area contributed by atoms with Crippen molar-refractivity contribution in [3.63, 3.8) is 0 Å². The van der Waals surface area contributed by atoms with Gasteiger partial charge >= 0.3 is 5.97 Å². The summed E-state index contributed by atoms with van der Waals surface area (Å²) >= 11 is 1.19. The summed E-state index contributed by atoms with van der Waals surface area (Å²) in [5, 5.41) is 13.5. The van der Waals surface area contributed by atoms with Crippen LogP contribution in [0.25, 0.3) is 0 Å². The monoisotopic (exact) mass is 336 g/mol. The van der Waals surface area contributed by atoms with Crippen molar-refractivity contribution in [2.75, 3.05) is 14.2 Å². The van der Waals surface area contributed by atoms with Gasteiger partial charge in [-0.2, -0.15) is 0 Å². The minimum atomic E-state index is -1.08. The van der Waals surface area contributed by atoms with E-state index in [2.05, 4.69) is 10.3 Å². The lowest BCUT2D eigenvalue weighted by Gasteiger charge is -2.09. The van der Waals surface area contributed by atoms with Crippen molar-refractivity contribution in [2.24, 2.45) is 0 Å². The summed E-state index contributed by atoms with van der Waals surface area (Å²) in [7, 11) is 3.08. The standard InChI is InChI=1S/C15H16N2O5S/c1-21-11-4-3-9(5-12(11)22-2)6-13(18)16-7-14-17-10(8-23-14)15(19)20/h3-5,8H,6-7H2,1-2H3,(H,16,18)(H,19,20). The third-order valence-electron chi connectivity index (χ3n) is 3.02. The number of hydrogen-bond acceptors (Lipinski definition) is 6. The summed E-state index contributed by atoms with van der Waals surface area (Å²) in [6.07, 6.45) is 0.178. The van der Waals surface area contributed by atoms with E-state index in [1.165, 1.54) is 23.8 Å². The van der Waals surface area contributed by atoms with E-state index < -0.39 is 5.97 Å². The lowest BCUT2D eigenvalue weighted by Crippen LogP contribution is -2.24. The van der Waals surface area contributed by atoms with Gasteiger partial charge in [0.15, 0.2) is 17.2 Å². The molecule has 2 rings (SSSR count). The second kappa shape index (κ2) is 7.59. The molecule has 1 amide bonds. The first-order valence-corrected chi connectivity index (χ1v) is 7.56. The van der Waals surface area contributed by atoms with Crippen LogP contribution < -0.4 is 14.8 Å². The largest absolute Gasteiger partial charge is 0.493 e. The van der Waals surface area contributed by atoms with E-state index in [0.717, 1.165) is 5.56 Å². The molecule has 1 aromatic carbocycles. The lowest BCUT2D eigenvalue weighted by molar-refractivity contribution is -0.120. The Kier molecular flexibility index (Phi) is 5.53. The van der Waals surface area contributed by atoms with Gasteiger partial charge in [-0.25, -0.2) is 9.78 Å². The van der Waals surface area contributed by atoms with E-state index in [1.807, 2.05) is 0 Å². The maximum atomic E-state index is 12.0. The molecule has 0 radical (unpaired) electrons. The van der Waals surface area contributed by atoms with Crippen LogP contribution in [0.4, 0.5) is 0 Å². The highest BCUT2D eigenvalue weighted by Crippen LogP contribution is 2.27. The number of nitrogens with zero attached hydrogens (tertiary/aromatic N) is 1. The molecule has 1 aromatic heterocycles. The fraction of sp³-hybridized carbons (Fsp3) is 0.267. The van der Waals surface area contributed by atoms with Crippen molar-refractivity contribution in [1.29, 1.82) is 0 Å². The number of aromatic carboxylic acids is 1. The van der Waals surface area contributed by atoms with E-state index in [-0.39, 0.29) is 24.6 Å². The molecular weight excluding hydrogens is 320 g/mol. The molecule has 0 aliphatic rings. The van der Waals surface area contributed by atoms with Crippen LogP contribution in [0, 0.1) is 0 Å². The van der Waals surface area contributed by atoms with Gasteiger partial charge in [-0.1, -0.05) is 6.07 Å². The maximum Gasteiger partial charge on any atom is 0.355 e. The van der Waals surface area contributed by atoms with Crippen LogP contribution in [-0.4, -0.2) is 36.2 Å². The molecule has 1 heterocycles. The molecule has 122 valence electrons. The fourth-order valence-corrected chi connectivity index (χ4v) is 2.61. The first-order chi connectivity index (χ1) is 11.0. The Labute approximate surface area is 136 Å². The topological polar surface area (TPSA) is 97.8 Å². The number of thiazole rings is 1. The Morgan fingerprint density at radius 1 is 1.26 bits per heavy atom. The molecule has 7 nitrogen and oxygen atoms in total. The molecule has 8 heteroatoms. The lowest BCUT2D eigenvalue weighted by atomic mass is 10.1. The average Bonchev–Trinajstić information content (AvgIpc) is 3.02. The number of aromatic nitrogens is 1. The number of ether oxygens (including phenoxy) is 2. The molecule has 23 heavy (non-hydrogen) atoms. The van der Waals surface area contributed by atoms with Gasteiger partial charge in [0.2, 0.25) is 5.91 Å². The molecule has 0 atom stereocenters. The SMILES string of the molecule is COc1ccc(CC(=O)NCc2nc(C(=O)O)cs2)cc1OC. The summed E-state index contributed by atoms with van der Waals surface area (Å²) in [6.45, 7) is 0.198. The van der Waals surface area contributed by atoms with Gasteiger partial charge in [0.25, 0.3) is 0 Å². The van der Waals surface area contributed by atoms with Gasteiger partial charge in [-0.05, 0) is 17.7 Å².